The van der Waals surface area contributed by atoms with Crippen molar-refractivity contribution in [2.45, 2.75) is 12.3 Å². The average Bonchev–Trinajstić information content (AvgIpc) is 2.57. The average molecular weight is 240 g/mol. The minimum atomic E-state index is -0.607. The number of hydrogen-bond donors (Lipinski definition) is 1. The molecular formula is C12H14ClNO2. The molecule has 1 N–H and O–H groups in total. The Bertz CT molecular complexity index is 408. The van der Waals surface area contributed by atoms with Crippen LogP contribution in [0.5, 0.6) is 0 Å². The molecule has 0 radical (unpaired) electrons. The molecule has 86 valence electrons. The molecule has 0 aliphatic carbocycles. The van der Waals surface area contributed by atoms with Crippen LogP contribution in [0.4, 0.5) is 5.69 Å². The molecule has 0 saturated carbocycles. The number of aliphatic hydroxyl groups excluding tert-OH is 1. The van der Waals surface area contributed by atoms with E-state index in [4.69, 9.17) is 16.7 Å². The third-order valence-electron chi connectivity index (χ3n) is 2.97. The van der Waals surface area contributed by atoms with Crippen molar-refractivity contribution in [3.8, 4) is 0 Å². The molecule has 16 heavy (non-hydrogen) atoms. The molecule has 1 aliphatic rings. The Morgan fingerprint density at radius 3 is 2.75 bits per heavy atom. The van der Waals surface area contributed by atoms with E-state index in [-0.39, 0.29) is 18.4 Å². The first-order valence-electron chi connectivity index (χ1n) is 5.27. The largest absolute Gasteiger partial charge is 0.396 e. The predicted octanol–water partition coefficient (Wildman–Crippen LogP) is 1.56. The summed E-state index contributed by atoms with van der Waals surface area (Å²) in [6.07, 6.45) is 0. The minimum absolute atomic E-state index is 0.0533. The van der Waals surface area contributed by atoms with Gasteiger partial charge >= 0.3 is 0 Å². The van der Waals surface area contributed by atoms with Crippen molar-refractivity contribution < 1.29 is 9.90 Å². The number of para-hydroxylation sites is 1. The van der Waals surface area contributed by atoms with Gasteiger partial charge < -0.3 is 10.0 Å². The first-order valence-corrected chi connectivity index (χ1v) is 5.70. The van der Waals surface area contributed by atoms with Gasteiger partial charge in [-0.1, -0.05) is 18.2 Å². The molecule has 0 bridgehead atoms. The van der Waals surface area contributed by atoms with Crippen LogP contribution in [0.15, 0.2) is 24.3 Å². The fourth-order valence-corrected chi connectivity index (χ4v) is 2.28. The van der Waals surface area contributed by atoms with Gasteiger partial charge in [-0.25, -0.2) is 0 Å². The third-order valence-corrected chi connectivity index (χ3v) is 3.52. The van der Waals surface area contributed by atoms with E-state index in [2.05, 4.69) is 0 Å². The molecule has 3 nitrogen and oxygen atoms in total. The molecule has 4 heteroatoms. The van der Waals surface area contributed by atoms with Crippen molar-refractivity contribution in [2.24, 2.45) is 5.92 Å². The first kappa shape index (κ1) is 11.4. The highest BCUT2D eigenvalue weighted by Gasteiger charge is 2.39. The lowest BCUT2D eigenvalue weighted by Gasteiger charge is -2.18. The summed E-state index contributed by atoms with van der Waals surface area (Å²) in [5, 5.41) is 8.52. The van der Waals surface area contributed by atoms with Crippen molar-refractivity contribution in [3.63, 3.8) is 0 Å². The zero-order chi connectivity index (χ0) is 11.7. The summed E-state index contributed by atoms with van der Waals surface area (Å²) in [6.45, 7) is 2.40. The maximum absolute atomic E-state index is 11.9. The summed E-state index contributed by atoms with van der Waals surface area (Å²) < 4.78 is 0. The van der Waals surface area contributed by atoms with Crippen LogP contribution in [0.2, 0.25) is 0 Å². The van der Waals surface area contributed by atoms with E-state index >= 15 is 0 Å². The van der Waals surface area contributed by atoms with Gasteiger partial charge in [0.05, 0.1) is 0 Å². The maximum atomic E-state index is 11.9. The Hall–Kier alpha value is -1.06. The summed E-state index contributed by atoms with van der Waals surface area (Å²) >= 11 is 5.97. The van der Waals surface area contributed by atoms with Crippen LogP contribution in [0.25, 0.3) is 0 Å². The number of benzene rings is 1. The summed E-state index contributed by atoms with van der Waals surface area (Å²) in [6, 6.07) is 7.68. The van der Waals surface area contributed by atoms with Crippen molar-refractivity contribution in [3.05, 3.63) is 29.8 Å². The van der Waals surface area contributed by atoms with Crippen LogP contribution in [-0.4, -0.2) is 29.5 Å². The van der Waals surface area contributed by atoms with Crippen LogP contribution < -0.4 is 4.90 Å². The highest BCUT2D eigenvalue weighted by Crippen LogP contribution is 2.30. The molecule has 0 spiro atoms. The number of rotatable bonds is 2. The topological polar surface area (TPSA) is 40.5 Å². The summed E-state index contributed by atoms with van der Waals surface area (Å²) in [5.41, 5.74) is 1.92. The monoisotopic (exact) mass is 239 g/mol. The number of alkyl halides is 1. The van der Waals surface area contributed by atoms with Gasteiger partial charge in [0.15, 0.2) is 0 Å². The number of carbonyl (C=O) groups is 1. The first-order chi connectivity index (χ1) is 7.65. The molecule has 0 aromatic heterocycles. The molecule has 1 aromatic rings. The third kappa shape index (κ3) is 1.81. The molecule has 1 amide bonds. The van der Waals surface area contributed by atoms with E-state index < -0.39 is 5.38 Å². The molecular weight excluding hydrogens is 226 g/mol. The molecule has 2 atom stereocenters. The van der Waals surface area contributed by atoms with Crippen molar-refractivity contribution >= 4 is 23.2 Å². The molecule has 1 saturated heterocycles. The van der Waals surface area contributed by atoms with Gasteiger partial charge in [-0.3, -0.25) is 4.79 Å². The number of hydrogen-bond acceptors (Lipinski definition) is 2. The van der Waals surface area contributed by atoms with E-state index in [0.29, 0.717) is 6.54 Å². The number of nitrogens with zero attached hydrogens (tertiary/aromatic N) is 1. The van der Waals surface area contributed by atoms with Gasteiger partial charge in [-0.15, -0.1) is 11.6 Å². The number of amides is 1. The zero-order valence-corrected chi connectivity index (χ0v) is 9.81. The highest BCUT2D eigenvalue weighted by molar-refractivity contribution is 6.34. The van der Waals surface area contributed by atoms with Crippen molar-refractivity contribution in [2.75, 3.05) is 18.1 Å². The van der Waals surface area contributed by atoms with E-state index in [1.807, 2.05) is 31.2 Å². The lowest BCUT2D eigenvalue weighted by molar-refractivity contribution is -0.117. The van der Waals surface area contributed by atoms with E-state index in [1.54, 1.807) is 4.90 Å². The normalized spacial score (nSPS) is 25.2. The molecule has 2 rings (SSSR count). The highest BCUT2D eigenvalue weighted by atomic mass is 35.5. The number of aryl methyl sites for hydroxylation is 1. The second-order valence-corrected chi connectivity index (χ2v) is 4.55. The predicted molar refractivity (Wildman–Crippen MR) is 63.7 cm³/mol. The lowest BCUT2D eigenvalue weighted by Crippen LogP contribution is -2.27. The number of carbonyl (C=O) groups excluding carboxylic acids is 1. The molecule has 1 heterocycles. The Morgan fingerprint density at radius 1 is 1.50 bits per heavy atom. The van der Waals surface area contributed by atoms with E-state index in [1.165, 1.54) is 0 Å². The lowest BCUT2D eigenvalue weighted by atomic mass is 10.1. The Balaban J connectivity index is 2.30. The van der Waals surface area contributed by atoms with Crippen molar-refractivity contribution in [1.82, 2.24) is 0 Å². The molecule has 0 unspecified atom stereocenters. The van der Waals surface area contributed by atoms with Gasteiger partial charge in [-0.2, -0.15) is 0 Å². The summed E-state index contributed by atoms with van der Waals surface area (Å²) in [4.78, 5) is 13.6. The van der Waals surface area contributed by atoms with Gasteiger partial charge in [0.25, 0.3) is 0 Å². The van der Waals surface area contributed by atoms with Crippen molar-refractivity contribution in [1.29, 1.82) is 0 Å². The fourth-order valence-electron chi connectivity index (χ4n) is 2.00. The molecule has 1 fully saturated rings. The SMILES string of the molecule is Cc1ccccc1N1C[C@@H](CO)[C@@H](Cl)C1=O. The fraction of sp³-hybridized carbons (Fsp3) is 0.417. The second kappa shape index (κ2) is 4.44. The second-order valence-electron chi connectivity index (χ2n) is 4.08. The molecule has 1 aromatic carbocycles. The van der Waals surface area contributed by atoms with Crippen LogP contribution in [0, 0.1) is 12.8 Å². The molecule has 1 aliphatic heterocycles. The number of aliphatic hydroxyl groups is 1. The smallest absolute Gasteiger partial charge is 0.245 e. The van der Waals surface area contributed by atoms with E-state index in [9.17, 15) is 4.79 Å². The summed E-state index contributed by atoms with van der Waals surface area (Å²) in [5.74, 6) is -0.288. The van der Waals surface area contributed by atoms with Gasteiger partial charge in [0, 0.05) is 24.8 Å². The Labute approximate surface area is 99.6 Å². The minimum Gasteiger partial charge on any atom is -0.396 e. The maximum Gasteiger partial charge on any atom is 0.245 e. The van der Waals surface area contributed by atoms with Gasteiger partial charge in [-0.05, 0) is 18.6 Å². The quantitative estimate of drug-likeness (QED) is 0.796. The van der Waals surface area contributed by atoms with Crippen LogP contribution in [-0.2, 0) is 4.79 Å². The van der Waals surface area contributed by atoms with E-state index in [0.717, 1.165) is 11.3 Å². The Morgan fingerprint density at radius 2 is 2.19 bits per heavy atom. The Kier molecular flexibility index (Phi) is 3.17. The van der Waals surface area contributed by atoms with Gasteiger partial charge in [0.1, 0.15) is 5.38 Å². The standard InChI is InChI=1S/C12H14ClNO2/c1-8-4-2-3-5-10(8)14-6-9(7-15)11(13)12(14)16/h2-5,9,11,15H,6-7H2,1H3/t9-,11+/m0/s1. The van der Waals surface area contributed by atoms with Crippen LogP contribution in [0.3, 0.4) is 0 Å². The zero-order valence-electron chi connectivity index (χ0n) is 9.06. The number of anilines is 1. The van der Waals surface area contributed by atoms with Gasteiger partial charge in [0.2, 0.25) is 5.91 Å². The van der Waals surface area contributed by atoms with Crippen LogP contribution >= 0.6 is 11.6 Å². The summed E-state index contributed by atoms with van der Waals surface area (Å²) in [7, 11) is 0. The number of halogens is 1. The van der Waals surface area contributed by atoms with Crippen LogP contribution in [0.1, 0.15) is 5.56 Å².